The van der Waals surface area contributed by atoms with E-state index in [0.29, 0.717) is 11.3 Å². The largest absolute Gasteiger partial charge is 0.482 e. The number of carbonyl (C=O) groups is 1. The number of benzene rings is 2. The van der Waals surface area contributed by atoms with Gasteiger partial charge in [0.05, 0.1) is 0 Å². The summed E-state index contributed by atoms with van der Waals surface area (Å²) in [4.78, 5) is 16.5. The molecular weight excluding hydrogens is 316 g/mol. The highest BCUT2D eigenvalue weighted by atomic mass is 16.7. The van der Waals surface area contributed by atoms with Crippen molar-refractivity contribution in [3.63, 3.8) is 0 Å². The Morgan fingerprint density at radius 2 is 1.80 bits per heavy atom. The van der Waals surface area contributed by atoms with E-state index in [-0.39, 0.29) is 17.9 Å². The van der Waals surface area contributed by atoms with Gasteiger partial charge in [-0.05, 0) is 36.1 Å². The minimum atomic E-state index is -0.615. The summed E-state index contributed by atoms with van der Waals surface area (Å²) in [6.45, 7) is 8.12. The highest BCUT2D eigenvalue weighted by Crippen LogP contribution is 2.24. The van der Waals surface area contributed by atoms with Gasteiger partial charge in [0.2, 0.25) is 0 Å². The Balaban J connectivity index is 1.87. The number of hydrogen-bond donors (Lipinski definition) is 1. The van der Waals surface area contributed by atoms with Crippen LogP contribution in [0.1, 0.15) is 37.5 Å². The minimum absolute atomic E-state index is 0.0689. The van der Waals surface area contributed by atoms with Crippen molar-refractivity contribution in [2.45, 2.75) is 33.1 Å². The SMILES string of the molecule is Cc1cccc(/C(N)=N/OC(=O)COc2ccc(C(C)(C)C)cc2)c1. The minimum Gasteiger partial charge on any atom is -0.482 e. The number of ether oxygens (including phenoxy) is 1. The van der Waals surface area contributed by atoms with E-state index in [4.69, 9.17) is 15.3 Å². The summed E-state index contributed by atoms with van der Waals surface area (Å²) in [7, 11) is 0. The fraction of sp³-hybridized carbons (Fsp3) is 0.300. The molecule has 0 atom stereocenters. The van der Waals surface area contributed by atoms with E-state index in [0.717, 1.165) is 5.56 Å². The van der Waals surface area contributed by atoms with E-state index in [1.165, 1.54) is 5.56 Å². The van der Waals surface area contributed by atoms with Gasteiger partial charge in [-0.3, -0.25) is 0 Å². The van der Waals surface area contributed by atoms with Crippen LogP contribution in [0.15, 0.2) is 53.7 Å². The van der Waals surface area contributed by atoms with Crippen molar-refractivity contribution in [1.82, 2.24) is 0 Å². The van der Waals surface area contributed by atoms with E-state index in [1.807, 2.05) is 49.4 Å². The zero-order valence-corrected chi connectivity index (χ0v) is 15.1. The Morgan fingerprint density at radius 3 is 2.40 bits per heavy atom. The van der Waals surface area contributed by atoms with E-state index in [9.17, 15) is 4.79 Å². The predicted molar refractivity (Wildman–Crippen MR) is 98.6 cm³/mol. The summed E-state index contributed by atoms with van der Waals surface area (Å²) >= 11 is 0. The Morgan fingerprint density at radius 1 is 1.12 bits per heavy atom. The molecule has 132 valence electrons. The van der Waals surface area contributed by atoms with Crippen LogP contribution in [0.2, 0.25) is 0 Å². The van der Waals surface area contributed by atoms with Crippen molar-refractivity contribution in [2.24, 2.45) is 10.9 Å². The number of nitrogens with two attached hydrogens (primary N) is 1. The lowest BCUT2D eigenvalue weighted by molar-refractivity contribution is -0.146. The number of carbonyl (C=O) groups excluding carboxylic acids is 1. The highest BCUT2D eigenvalue weighted by molar-refractivity contribution is 5.97. The molecule has 2 aromatic rings. The van der Waals surface area contributed by atoms with Gasteiger partial charge in [0.1, 0.15) is 5.75 Å². The van der Waals surface area contributed by atoms with Crippen molar-refractivity contribution >= 4 is 11.8 Å². The Hall–Kier alpha value is -2.82. The van der Waals surface area contributed by atoms with Gasteiger partial charge >= 0.3 is 5.97 Å². The zero-order valence-electron chi connectivity index (χ0n) is 15.1. The van der Waals surface area contributed by atoms with Crippen LogP contribution in [-0.2, 0) is 15.0 Å². The lowest BCUT2D eigenvalue weighted by Gasteiger charge is -2.19. The van der Waals surface area contributed by atoms with Gasteiger partial charge < -0.3 is 15.3 Å². The summed E-state index contributed by atoms with van der Waals surface area (Å²) in [5.41, 5.74) is 8.82. The molecule has 0 aliphatic heterocycles. The number of nitrogens with zero attached hydrogens (tertiary/aromatic N) is 1. The van der Waals surface area contributed by atoms with Gasteiger partial charge in [-0.1, -0.05) is 61.8 Å². The van der Waals surface area contributed by atoms with Gasteiger partial charge in [0, 0.05) is 5.56 Å². The maximum Gasteiger partial charge on any atom is 0.372 e. The Labute approximate surface area is 148 Å². The number of oxime groups is 1. The Bertz CT molecular complexity index is 759. The quantitative estimate of drug-likeness (QED) is 0.391. The molecule has 0 aromatic heterocycles. The van der Waals surface area contributed by atoms with Crippen molar-refractivity contribution in [1.29, 1.82) is 0 Å². The van der Waals surface area contributed by atoms with Crippen LogP contribution < -0.4 is 10.5 Å². The van der Waals surface area contributed by atoms with Gasteiger partial charge in [-0.2, -0.15) is 0 Å². The molecule has 0 aliphatic carbocycles. The average molecular weight is 340 g/mol. The first kappa shape index (κ1) is 18.5. The second-order valence-corrected chi connectivity index (χ2v) is 6.87. The van der Waals surface area contributed by atoms with E-state index < -0.39 is 5.97 Å². The van der Waals surface area contributed by atoms with Crippen LogP contribution in [-0.4, -0.2) is 18.4 Å². The standard InChI is InChI=1S/C20H24N2O3/c1-14-6-5-7-15(12-14)19(21)22-25-18(23)13-24-17-10-8-16(9-11-17)20(2,3)4/h5-12H,13H2,1-4H3,(H2,21,22). The number of rotatable bonds is 5. The third-order valence-corrected chi connectivity index (χ3v) is 3.64. The molecule has 5 heteroatoms. The maximum absolute atomic E-state index is 11.7. The fourth-order valence-electron chi connectivity index (χ4n) is 2.18. The summed E-state index contributed by atoms with van der Waals surface area (Å²) < 4.78 is 5.41. The topological polar surface area (TPSA) is 73.9 Å². The van der Waals surface area contributed by atoms with Gasteiger partial charge in [-0.15, -0.1) is 0 Å². The van der Waals surface area contributed by atoms with Gasteiger partial charge in [-0.25, -0.2) is 4.79 Å². The van der Waals surface area contributed by atoms with E-state index in [2.05, 4.69) is 25.9 Å². The third kappa shape index (κ3) is 5.64. The maximum atomic E-state index is 11.7. The van der Waals surface area contributed by atoms with Crippen molar-refractivity contribution < 1.29 is 14.4 Å². The molecule has 0 saturated heterocycles. The van der Waals surface area contributed by atoms with Crippen LogP contribution in [0, 0.1) is 6.92 Å². The molecule has 5 nitrogen and oxygen atoms in total. The van der Waals surface area contributed by atoms with E-state index >= 15 is 0 Å². The first-order chi connectivity index (χ1) is 11.8. The monoisotopic (exact) mass is 340 g/mol. The second kappa shape index (κ2) is 7.83. The normalized spacial score (nSPS) is 11.9. The fourth-order valence-corrected chi connectivity index (χ4v) is 2.18. The summed E-state index contributed by atoms with van der Waals surface area (Å²) in [6.07, 6.45) is 0. The Kier molecular flexibility index (Phi) is 5.80. The summed E-state index contributed by atoms with van der Waals surface area (Å²) in [6, 6.07) is 15.1. The molecule has 25 heavy (non-hydrogen) atoms. The highest BCUT2D eigenvalue weighted by Gasteiger charge is 2.13. The molecule has 0 bridgehead atoms. The summed E-state index contributed by atoms with van der Waals surface area (Å²) in [5, 5.41) is 3.66. The molecule has 0 radical (unpaired) electrons. The first-order valence-corrected chi connectivity index (χ1v) is 8.09. The van der Waals surface area contributed by atoms with Crippen LogP contribution >= 0.6 is 0 Å². The van der Waals surface area contributed by atoms with Gasteiger partial charge in [0.25, 0.3) is 0 Å². The molecule has 0 heterocycles. The van der Waals surface area contributed by atoms with Crippen LogP contribution in [0.5, 0.6) is 5.75 Å². The molecule has 0 unspecified atom stereocenters. The molecular formula is C20H24N2O3. The van der Waals surface area contributed by atoms with Crippen LogP contribution in [0.4, 0.5) is 0 Å². The second-order valence-electron chi connectivity index (χ2n) is 6.87. The van der Waals surface area contributed by atoms with Crippen molar-refractivity contribution in [2.75, 3.05) is 6.61 Å². The van der Waals surface area contributed by atoms with Crippen LogP contribution in [0.3, 0.4) is 0 Å². The molecule has 0 saturated carbocycles. The molecule has 0 spiro atoms. The third-order valence-electron chi connectivity index (χ3n) is 3.64. The summed E-state index contributed by atoms with van der Waals surface area (Å²) in [5.74, 6) is 0.127. The average Bonchev–Trinajstić information content (AvgIpc) is 2.57. The number of aryl methyl sites for hydroxylation is 1. The molecule has 2 aromatic carbocycles. The molecule has 0 aliphatic rings. The molecule has 0 fully saturated rings. The lowest BCUT2D eigenvalue weighted by Crippen LogP contribution is -2.18. The van der Waals surface area contributed by atoms with Crippen LogP contribution in [0.25, 0.3) is 0 Å². The van der Waals surface area contributed by atoms with Gasteiger partial charge in [0.15, 0.2) is 12.4 Å². The molecule has 0 amide bonds. The number of amidine groups is 1. The van der Waals surface area contributed by atoms with Crippen molar-refractivity contribution in [3.8, 4) is 5.75 Å². The van der Waals surface area contributed by atoms with E-state index in [1.54, 1.807) is 6.07 Å². The lowest BCUT2D eigenvalue weighted by atomic mass is 9.87. The first-order valence-electron chi connectivity index (χ1n) is 8.09. The number of hydrogen-bond acceptors (Lipinski definition) is 4. The van der Waals surface area contributed by atoms with Crippen molar-refractivity contribution in [3.05, 3.63) is 65.2 Å². The molecule has 2 rings (SSSR count). The smallest absolute Gasteiger partial charge is 0.372 e. The molecule has 2 N–H and O–H groups in total. The predicted octanol–water partition coefficient (Wildman–Crippen LogP) is 3.54. The zero-order chi connectivity index (χ0) is 18.4.